The van der Waals surface area contributed by atoms with Crippen LogP contribution >= 0.6 is 0 Å². The van der Waals surface area contributed by atoms with Crippen LogP contribution in [0.2, 0.25) is 0 Å². The molecule has 0 unspecified atom stereocenters. The van der Waals surface area contributed by atoms with Crippen molar-refractivity contribution in [1.29, 1.82) is 0 Å². The third-order valence-electron chi connectivity index (χ3n) is 4.66. The summed E-state index contributed by atoms with van der Waals surface area (Å²) in [6, 6.07) is 12.0. The fourth-order valence-electron chi connectivity index (χ4n) is 3.19. The molecule has 128 valence electrons. The number of amides is 1. The summed E-state index contributed by atoms with van der Waals surface area (Å²) in [5, 5.41) is 16.9. The van der Waals surface area contributed by atoms with E-state index in [4.69, 9.17) is 0 Å². The summed E-state index contributed by atoms with van der Waals surface area (Å²) < 4.78 is 1.69. The Labute approximate surface area is 142 Å². The number of hydrogen-bond acceptors (Lipinski definition) is 4. The Morgan fingerprint density at radius 1 is 1.33 bits per heavy atom. The summed E-state index contributed by atoms with van der Waals surface area (Å²) in [6.45, 7) is 4.32. The van der Waals surface area contributed by atoms with Gasteiger partial charge in [0.25, 0.3) is 5.91 Å². The monoisotopic (exact) mass is 328 g/mol. The maximum Gasteiger partial charge on any atom is 0.272 e. The van der Waals surface area contributed by atoms with E-state index in [0.717, 1.165) is 25.3 Å². The van der Waals surface area contributed by atoms with Crippen molar-refractivity contribution < 1.29 is 9.90 Å². The number of hydrogen-bond donors (Lipinski definition) is 2. The van der Waals surface area contributed by atoms with Crippen LogP contribution in [-0.4, -0.2) is 51.4 Å². The van der Waals surface area contributed by atoms with E-state index in [9.17, 15) is 9.90 Å². The Bertz CT molecular complexity index is 679. The maximum atomic E-state index is 12.4. The van der Waals surface area contributed by atoms with Crippen molar-refractivity contribution in [2.75, 3.05) is 19.7 Å². The van der Waals surface area contributed by atoms with Gasteiger partial charge in [-0.05, 0) is 18.6 Å². The fraction of sp³-hybridized carbons (Fsp3) is 0.444. The molecule has 2 atom stereocenters. The molecule has 0 spiro atoms. The minimum atomic E-state index is -0.177. The molecule has 24 heavy (non-hydrogen) atoms. The molecule has 1 amide bonds. The number of carbonyl (C=O) groups is 1. The van der Waals surface area contributed by atoms with E-state index in [1.807, 2.05) is 32.2 Å². The maximum absolute atomic E-state index is 12.4. The number of aliphatic hydroxyl groups is 1. The summed E-state index contributed by atoms with van der Waals surface area (Å²) in [5.74, 6) is -0.133. The van der Waals surface area contributed by atoms with Crippen LogP contribution in [0.3, 0.4) is 0 Å². The van der Waals surface area contributed by atoms with Gasteiger partial charge in [-0.15, -0.1) is 0 Å². The summed E-state index contributed by atoms with van der Waals surface area (Å²) in [5.41, 5.74) is 2.60. The van der Waals surface area contributed by atoms with Gasteiger partial charge < -0.3 is 10.4 Å². The third kappa shape index (κ3) is 3.66. The molecular weight excluding hydrogens is 304 g/mol. The first-order valence-corrected chi connectivity index (χ1v) is 8.25. The third-order valence-corrected chi connectivity index (χ3v) is 4.66. The number of carbonyl (C=O) groups excluding carboxylic acids is 1. The molecule has 1 aromatic heterocycles. The molecule has 3 rings (SSSR count). The van der Waals surface area contributed by atoms with E-state index in [-0.39, 0.29) is 24.5 Å². The molecule has 1 aromatic carbocycles. The molecule has 0 bridgehead atoms. The van der Waals surface area contributed by atoms with Gasteiger partial charge in [-0.25, -0.2) is 0 Å². The molecule has 2 N–H and O–H groups in total. The number of nitrogens with zero attached hydrogens (tertiary/aromatic N) is 3. The van der Waals surface area contributed by atoms with Crippen LogP contribution in [-0.2, 0) is 13.6 Å². The number of aromatic nitrogens is 2. The highest BCUT2D eigenvalue weighted by molar-refractivity contribution is 5.92. The zero-order chi connectivity index (χ0) is 17.1. The lowest BCUT2D eigenvalue weighted by atomic mass is 10.1. The molecule has 2 heterocycles. The van der Waals surface area contributed by atoms with Crippen molar-refractivity contribution in [3.05, 3.63) is 53.3 Å². The molecule has 0 radical (unpaired) electrons. The van der Waals surface area contributed by atoms with Gasteiger partial charge in [-0.1, -0.05) is 30.3 Å². The van der Waals surface area contributed by atoms with E-state index in [0.29, 0.717) is 5.69 Å². The molecule has 1 saturated heterocycles. The molecule has 0 aliphatic carbocycles. The number of rotatable bonds is 5. The molecule has 6 heteroatoms. The average molecular weight is 328 g/mol. The van der Waals surface area contributed by atoms with Gasteiger partial charge >= 0.3 is 0 Å². The second kappa shape index (κ2) is 7.15. The minimum Gasteiger partial charge on any atom is -0.396 e. The largest absolute Gasteiger partial charge is 0.396 e. The van der Waals surface area contributed by atoms with Crippen LogP contribution in [0.1, 0.15) is 21.7 Å². The van der Waals surface area contributed by atoms with Crippen LogP contribution in [0.5, 0.6) is 0 Å². The van der Waals surface area contributed by atoms with Crippen LogP contribution in [0.15, 0.2) is 36.4 Å². The van der Waals surface area contributed by atoms with Crippen molar-refractivity contribution in [2.45, 2.75) is 19.5 Å². The predicted molar refractivity (Wildman–Crippen MR) is 91.5 cm³/mol. The first kappa shape index (κ1) is 16.7. The second-order valence-corrected chi connectivity index (χ2v) is 6.50. The normalized spacial score (nSPS) is 21.1. The summed E-state index contributed by atoms with van der Waals surface area (Å²) >= 11 is 0. The van der Waals surface area contributed by atoms with Crippen LogP contribution < -0.4 is 5.32 Å². The second-order valence-electron chi connectivity index (χ2n) is 6.50. The summed E-state index contributed by atoms with van der Waals surface area (Å²) in [6.07, 6.45) is 0. The van der Waals surface area contributed by atoms with Gasteiger partial charge in [0, 0.05) is 50.9 Å². The molecule has 1 fully saturated rings. The number of nitrogens with one attached hydrogen (secondary N) is 1. The van der Waals surface area contributed by atoms with Crippen molar-refractivity contribution in [1.82, 2.24) is 20.0 Å². The number of aryl methyl sites for hydroxylation is 2. The molecule has 0 saturated carbocycles. The van der Waals surface area contributed by atoms with Gasteiger partial charge in [-0.3, -0.25) is 14.4 Å². The Kier molecular flexibility index (Phi) is 4.97. The molecule has 6 nitrogen and oxygen atoms in total. The SMILES string of the molecule is Cc1cc(C(=O)N[C@@H]2CN(Cc3ccccc3)C[C@H]2CO)nn1C. The van der Waals surface area contributed by atoms with Crippen molar-refractivity contribution >= 4 is 5.91 Å². The number of benzene rings is 1. The topological polar surface area (TPSA) is 70.4 Å². The lowest BCUT2D eigenvalue weighted by Crippen LogP contribution is -2.41. The van der Waals surface area contributed by atoms with Gasteiger partial charge in [0.05, 0.1) is 0 Å². The zero-order valence-electron chi connectivity index (χ0n) is 14.1. The van der Waals surface area contributed by atoms with E-state index >= 15 is 0 Å². The molecule has 1 aliphatic rings. The van der Waals surface area contributed by atoms with Gasteiger partial charge in [0.1, 0.15) is 5.69 Å². The Hall–Kier alpha value is -2.18. The zero-order valence-corrected chi connectivity index (χ0v) is 14.1. The number of aliphatic hydroxyl groups excluding tert-OH is 1. The predicted octanol–water partition coefficient (Wildman–Crippen LogP) is 0.951. The number of likely N-dealkylation sites (tertiary alicyclic amines) is 1. The highest BCUT2D eigenvalue weighted by Gasteiger charge is 2.33. The molecule has 1 aliphatic heterocycles. The van der Waals surface area contributed by atoms with Gasteiger partial charge in [0.15, 0.2) is 0 Å². The molecular formula is C18H24N4O2. The quantitative estimate of drug-likeness (QED) is 0.857. The van der Waals surface area contributed by atoms with E-state index in [1.165, 1.54) is 5.56 Å². The fourth-order valence-corrected chi connectivity index (χ4v) is 3.19. The van der Waals surface area contributed by atoms with E-state index in [2.05, 4.69) is 27.4 Å². The summed E-state index contributed by atoms with van der Waals surface area (Å²) in [7, 11) is 1.82. The highest BCUT2D eigenvalue weighted by atomic mass is 16.3. The first-order valence-electron chi connectivity index (χ1n) is 8.25. The lowest BCUT2D eigenvalue weighted by Gasteiger charge is -2.17. The highest BCUT2D eigenvalue weighted by Crippen LogP contribution is 2.19. The van der Waals surface area contributed by atoms with E-state index < -0.39 is 0 Å². The van der Waals surface area contributed by atoms with Gasteiger partial charge in [-0.2, -0.15) is 5.10 Å². The van der Waals surface area contributed by atoms with Crippen LogP contribution in [0.4, 0.5) is 0 Å². The van der Waals surface area contributed by atoms with Crippen LogP contribution in [0, 0.1) is 12.8 Å². The Balaban J connectivity index is 1.63. The van der Waals surface area contributed by atoms with Crippen molar-refractivity contribution in [3.8, 4) is 0 Å². The lowest BCUT2D eigenvalue weighted by molar-refractivity contribution is 0.0915. The Morgan fingerprint density at radius 3 is 2.71 bits per heavy atom. The standard InChI is InChI=1S/C18H24N4O2/c1-13-8-16(20-21(13)2)18(24)19-17-11-22(10-15(17)12-23)9-14-6-4-3-5-7-14/h3-8,15,17,23H,9-12H2,1-2H3,(H,19,24)/t15-,17+/m0/s1. The smallest absolute Gasteiger partial charge is 0.272 e. The first-order chi connectivity index (χ1) is 11.6. The van der Waals surface area contributed by atoms with Crippen LogP contribution in [0.25, 0.3) is 0 Å². The van der Waals surface area contributed by atoms with Crippen molar-refractivity contribution in [2.24, 2.45) is 13.0 Å². The van der Waals surface area contributed by atoms with Gasteiger partial charge in [0.2, 0.25) is 0 Å². The summed E-state index contributed by atoms with van der Waals surface area (Å²) in [4.78, 5) is 14.7. The average Bonchev–Trinajstić information content (AvgIpc) is 3.11. The minimum absolute atomic E-state index is 0.0440. The van der Waals surface area contributed by atoms with Crippen molar-refractivity contribution in [3.63, 3.8) is 0 Å². The van der Waals surface area contributed by atoms with E-state index in [1.54, 1.807) is 10.7 Å². The Morgan fingerprint density at radius 2 is 2.08 bits per heavy atom. The molecule has 2 aromatic rings.